The van der Waals surface area contributed by atoms with Gasteiger partial charge in [0.15, 0.2) is 0 Å². The molecule has 2 rings (SSSR count). The van der Waals surface area contributed by atoms with E-state index in [1.165, 1.54) is 21.4 Å². The van der Waals surface area contributed by atoms with Crippen LogP contribution in [0.1, 0.15) is 26.9 Å². The Balaban J connectivity index is 2.48. The zero-order valence-electron chi connectivity index (χ0n) is 10.6. The summed E-state index contributed by atoms with van der Waals surface area (Å²) in [5.41, 5.74) is 2.19. The van der Waals surface area contributed by atoms with Gasteiger partial charge in [0.25, 0.3) is 0 Å². The molecular weight excluding hydrogens is 313 g/mol. The van der Waals surface area contributed by atoms with Crippen LogP contribution in [-0.4, -0.2) is 7.05 Å². The molecule has 0 bridgehead atoms. The molecule has 0 amide bonds. The van der Waals surface area contributed by atoms with Crippen LogP contribution in [0.15, 0.2) is 28.7 Å². The Hall–Kier alpha value is -0.710. The zero-order valence-corrected chi connectivity index (χ0v) is 13.0. The van der Waals surface area contributed by atoms with E-state index in [2.05, 4.69) is 41.2 Å². The molecule has 1 N–H and O–H groups in total. The van der Waals surface area contributed by atoms with Gasteiger partial charge in [0.1, 0.15) is 5.82 Å². The largest absolute Gasteiger partial charge is 0.309 e. The van der Waals surface area contributed by atoms with Gasteiger partial charge in [-0.25, -0.2) is 4.39 Å². The molecule has 0 fully saturated rings. The fourth-order valence-corrected chi connectivity index (χ4v) is 3.79. The Labute approximate surface area is 119 Å². The second-order valence-corrected chi connectivity index (χ2v) is 6.53. The van der Waals surface area contributed by atoms with Crippen molar-refractivity contribution >= 4 is 27.3 Å². The zero-order chi connectivity index (χ0) is 13.3. The molecule has 0 saturated heterocycles. The lowest BCUT2D eigenvalue weighted by atomic mass is 10.0. The van der Waals surface area contributed by atoms with E-state index in [1.54, 1.807) is 17.4 Å². The van der Waals surface area contributed by atoms with Crippen LogP contribution in [0.4, 0.5) is 4.39 Å². The Morgan fingerprint density at radius 2 is 1.94 bits per heavy atom. The van der Waals surface area contributed by atoms with Crippen molar-refractivity contribution in [2.75, 3.05) is 7.05 Å². The molecule has 18 heavy (non-hydrogen) atoms. The third kappa shape index (κ3) is 2.82. The van der Waals surface area contributed by atoms with E-state index in [4.69, 9.17) is 0 Å². The van der Waals surface area contributed by atoms with E-state index in [9.17, 15) is 4.39 Å². The number of hydrogen-bond acceptors (Lipinski definition) is 2. The molecule has 1 heterocycles. The van der Waals surface area contributed by atoms with E-state index < -0.39 is 0 Å². The average molecular weight is 328 g/mol. The second kappa shape index (κ2) is 5.51. The minimum absolute atomic E-state index is 0.0377. The van der Waals surface area contributed by atoms with Gasteiger partial charge in [-0.3, -0.25) is 0 Å². The van der Waals surface area contributed by atoms with Gasteiger partial charge in [-0.05, 0) is 56.3 Å². The van der Waals surface area contributed by atoms with Crippen molar-refractivity contribution in [3.63, 3.8) is 0 Å². The SMILES string of the molecule is CNC(c1cc(F)cc(Br)c1)c1sc(C)cc1C. The van der Waals surface area contributed by atoms with Gasteiger partial charge >= 0.3 is 0 Å². The van der Waals surface area contributed by atoms with E-state index >= 15 is 0 Å². The maximum Gasteiger partial charge on any atom is 0.124 e. The monoisotopic (exact) mass is 327 g/mol. The van der Waals surface area contributed by atoms with Crippen molar-refractivity contribution in [1.29, 1.82) is 0 Å². The first-order valence-corrected chi connectivity index (χ1v) is 7.32. The minimum Gasteiger partial charge on any atom is -0.309 e. The van der Waals surface area contributed by atoms with E-state index in [-0.39, 0.29) is 11.9 Å². The summed E-state index contributed by atoms with van der Waals surface area (Å²) in [6.07, 6.45) is 0. The number of nitrogens with one attached hydrogen (secondary N) is 1. The smallest absolute Gasteiger partial charge is 0.124 e. The number of thiophene rings is 1. The highest BCUT2D eigenvalue weighted by molar-refractivity contribution is 9.10. The van der Waals surface area contributed by atoms with Crippen molar-refractivity contribution in [3.8, 4) is 0 Å². The normalized spacial score (nSPS) is 12.7. The molecule has 4 heteroatoms. The molecular formula is C14H15BrFNS. The van der Waals surface area contributed by atoms with E-state index in [1.807, 2.05) is 13.1 Å². The Kier molecular flexibility index (Phi) is 4.20. The summed E-state index contributed by atoms with van der Waals surface area (Å²) in [5, 5.41) is 3.27. The number of aryl methyl sites for hydroxylation is 2. The molecule has 1 nitrogen and oxygen atoms in total. The molecule has 2 aromatic rings. The lowest BCUT2D eigenvalue weighted by Gasteiger charge is -2.17. The lowest BCUT2D eigenvalue weighted by molar-refractivity contribution is 0.616. The van der Waals surface area contributed by atoms with E-state index in [0.717, 1.165) is 10.0 Å². The van der Waals surface area contributed by atoms with Crippen molar-refractivity contribution in [1.82, 2.24) is 5.32 Å². The highest BCUT2D eigenvalue weighted by Crippen LogP contribution is 2.33. The predicted molar refractivity (Wildman–Crippen MR) is 78.8 cm³/mol. The first-order chi connectivity index (χ1) is 8.51. The molecule has 0 saturated carbocycles. The molecule has 1 aromatic carbocycles. The Bertz CT molecular complexity index is 545. The maximum absolute atomic E-state index is 13.5. The van der Waals surface area contributed by atoms with Gasteiger partial charge in [-0.2, -0.15) is 0 Å². The van der Waals surface area contributed by atoms with Crippen molar-refractivity contribution < 1.29 is 4.39 Å². The first-order valence-electron chi connectivity index (χ1n) is 5.71. The van der Waals surface area contributed by atoms with Gasteiger partial charge in [-0.1, -0.05) is 15.9 Å². The molecule has 0 aliphatic rings. The minimum atomic E-state index is -0.217. The summed E-state index contributed by atoms with van der Waals surface area (Å²) in [4.78, 5) is 2.52. The molecule has 1 aromatic heterocycles. The third-order valence-electron chi connectivity index (χ3n) is 2.85. The fourth-order valence-electron chi connectivity index (χ4n) is 2.14. The lowest BCUT2D eigenvalue weighted by Crippen LogP contribution is -2.17. The molecule has 1 atom stereocenters. The number of benzene rings is 1. The van der Waals surface area contributed by atoms with E-state index in [0.29, 0.717) is 0 Å². The summed E-state index contributed by atoms with van der Waals surface area (Å²) in [5.74, 6) is -0.217. The highest BCUT2D eigenvalue weighted by atomic mass is 79.9. The third-order valence-corrected chi connectivity index (χ3v) is 4.52. The highest BCUT2D eigenvalue weighted by Gasteiger charge is 2.17. The summed E-state index contributed by atoms with van der Waals surface area (Å²) in [6, 6.07) is 7.22. The van der Waals surface area contributed by atoms with Crippen LogP contribution in [0.3, 0.4) is 0 Å². The molecule has 0 aliphatic carbocycles. The van der Waals surface area contributed by atoms with Crippen LogP contribution in [-0.2, 0) is 0 Å². The van der Waals surface area contributed by atoms with Gasteiger partial charge in [0.05, 0.1) is 6.04 Å². The Morgan fingerprint density at radius 3 is 2.44 bits per heavy atom. The Morgan fingerprint density at radius 1 is 1.22 bits per heavy atom. The topological polar surface area (TPSA) is 12.0 Å². The molecule has 0 aliphatic heterocycles. The van der Waals surface area contributed by atoms with Crippen LogP contribution < -0.4 is 5.32 Å². The van der Waals surface area contributed by atoms with Gasteiger partial charge < -0.3 is 5.32 Å². The van der Waals surface area contributed by atoms with Crippen LogP contribution in [0, 0.1) is 19.7 Å². The van der Waals surface area contributed by atoms with Gasteiger partial charge in [0.2, 0.25) is 0 Å². The van der Waals surface area contributed by atoms with Crippen molar-refractivity contribution in [2.24, 2.45) is 0 Å². The van der Waals surface area contributed by atoms with Crippen molar-refractivity contribution in [3.05, 3.63) is 55.4 Å². The number of rotatable bonds is 3. The predicted octanol–water partition coefficient (Wildman–Crippen LogP) is 4.58. The average Bonchev–Trinajstić information content (AvgIpc) is 2.58. The standard InChI is InChI=1S/C14H15BrFNS/c1-8-4-9(2)18-14(8)13(17-3)10-5-11(15)7-12(16)6-10/h4-7,13,17H,1-3H3. The van der Waals surface area contributed by atoms with Crippen LogP contribution in [0.2, 0.25) is 0 Å². The summed E-state index contributed by atoms with van der Waals surface area (Å²) in [6.45, 7) is 4.19. The number of halogens is 2. The molecule has 0 spiro atoms. The van der Waals surface area contributed by atoms with Crippen LogP contribution in [0.5, 0.6) is 0 Å². The quantitative estimate of drug-likeness (QED) is 0.870. The molecule has 1 unspecified atom stereocenters. The molecule has 0 radical (unpaired) electrons. The maximum atomic E-state index is 13.5. The van der Waals surface area contributed by atoms with Crippen LogP contribution >= 0.6 is 27.3 Å². The first kappa shape index (κ1) is 13.7. The van der Waals surface area contributed by atoms with Gasteiger partial charge in [-0.15, -0.1) is 11.3 Å². The number of hydrogen-bond donors (Lipinski definition) is 1. The summed E-state index contributed by atoms with van der Waals surface area (Å²) in [7, 11) is 1.90. The van der Waals surface area contributed by atoms with Crippen molar-refractivity contribution in [2.45, 2.75) is 19.9 Å². The molecule has 96 valence electrons. The van der Waals surface area contributed by atoms with Gasteiger partial charge in [0, 0.05) is 14.2 Å². The van der Waals surface area contributed by atoms with Crippen LogP contribution in [0.25, 0.3) is 0 Å². The summed E-state index contributed by atoms with van der Waals surface area (Å²) < 4.78 is 14.3. The fraction of sp³-hybridized carbons (Fsp3) is 0.286. The summed E-state index contributed by atoms with van der Waals surface area (Å²) >= 11 is 5.10. The second-order valence-electron chi connectivity index (χ2n) is 4.33.